The predicted octanol–water partition coefficient (Wildman–Crippen LogP) is 2.24. The molecule has 0 unspecified atom stereocenters. The summed E-state index contributed by atoms with van der Waals surface area (Å²) in [5.74, 6) is -1.90. The zero-order valence-corrected chi connectivity index (χ0v) is 10.7. The van der Waals surface area contributed by atoms with Crippen LogP contribution in [0.1, 0.15) is 33.6 Å². The molecule has 0 saturated carbocycles. The molecule has 0 atom stereocenters. The third-order valence-electron chi connectivity index (χ3n) is 2.25. The fourth-order valence-electron chi connectivity index (χ4n) is 1.27. The molecule has 0 N–H and O–H groups in total. The van der Waals surface area contributed by atoms with Crippen molar-refractivity contribution in [3.63, 3.8) is 0 Å². The van der Waals surface area contributed by atoms with E-state index in [1.165, 1.54) is 0 Å². The van der Waals surface area contributed by atoms with E-state index in [4.69, 9.17) is 9.47 Å². The lowest BCUT2D eigenvalue weighted by molar-refractivity contribution is -0.161. The van der Waals surface area contributed by atoms with Gasteiger partial charge in [0.05, 0.1) is 13.2 Å². The fourth-order valence-corrected chi connectivity index (χ4v) is 1.27. The number of hydrogen-bond acceptors (Lipinski definition) is 4. The van der Waals surface area contributed by atoms with E-state index in [1.54, 1.807) is 13.8 Å². The second kappa shape index (κ2) is 8.59. The molecule has 96 valence electrons. The fraction of sp³-hybridized carbons (Fsp3) is 0.615. The van der Waals surface area contributed by atoms with Crippen LogP contribution in [0.2, 0.25) is 0 Å². The Hall–Kier alpha value is -1.54. The van der Waals surface area contributed by atoms with Gasteiger partial charge in [-0.25, -0.2) is 0 Å². The molecule has 0 aromatic carbocycles. The highest BCUT2D eigenvalue weighted by Crippen LogP contribution is 2.15. The van der Waals surface area contributed by atoms with Crippen LogP contribution in [0, 0.1) is 5.92 Å². The Morgan fingerprint density at radius 1 is 1.18 bits per heavy atom. The highest BCUT2D eigenvalue weighted by Gasteiger charge is 2.28. The summed E-state index contributed by atoms with van der Waals surface area (Å²) in [5.41, 5.74) is 3.63. The number of carbonyl (C=O) groups excluding carboxylic acids is 2. The Morgan fingerprint density at radius 2 is 1.65 bits per heavy atom. The van der Waals surface area contributed by atoms with E-state index >= 15 is 0 Å². The standard InChI is InChI=1S/C13H20O4/c1-5-10(4)8-9-11(12(14)16-6-2)13(15)17-7-3/h11H,1,6-9H2,2-4H3. The molecule has 0 heterocycles. The Kier molecular flexibility index (Phi) is 7.82. The van der Waals surface area contributed by atoms with Crippen molar-refractivity contribution in [3.05, 3.63) is 17.9 Å². The number of carbonyl (C=O) groups is 2. The Bertz CT molecular complexity index is 295. The average Bonchev–Trinajstić information content (AvgIpc) is 2.29. The molecule has 0 aliphatic carbocycles. The van der Waals surface area contributed by atoms with Gasteiger partial charge in [0.25, 0.3) is 0 Å². The van der Waals surface area contributed by atoms with Gasteiger partial charge in [0.2, 0.25) is 0 Å². The van der Waals surface area contributed by atoms with Crippen LogP contribution in [-0.2, 0) is 19.1 Å². The minimum atomic E-state index is -0.849. The van der Waals surface area contributed by atoms with Gasteiger partial charge in [0.1, 0.15) is 0 Å². The number of esters is 2. The van der Waals surface area contributed by atoms with Gasteiger partial charge in [-0.05, 0) is 39.2 Å². The molecule has 0 fully saturated rings. The third kappa shape index (κ3) is 5.93. The summed E-state index contributed by atoms with van der Waals surface area (Å²) in [6.45, 7) is 9.27. The Morgan fingerprint density at radius 3 is 2.00 bits per heavy atom. The van der Waals surface area contributed by atoms with Crippen molar-refractivity contribution in [1.29, 1.82) is 0 Å². The molecule has 17 heavy (non-hydrogen) atoms. The molecule has 0 spiro atoms. The molecule has 0 rings (SSSR count). The molecule has 4 nitrogen and oxygen atoms in total. The number of hydrogen-bond donors (Lipinski definition) is 0. The van der Waals surface area contributed by atoms with E-state index in [9.17, 15) is 9.59 Å². The molecule has 0 aromatic heterocycles. The van der Waals surface area contributed by atoms with Crippen molar-refractivity contribution in [2.75, 3.05) is 13.2 Å². The topological polar surface area (TPSA) is 52.6 Å². The van der Waals surface area contributed by atoms with Crippen molar-refractivity contribution in [3.8, 4) is 0 Å². The third-order valence-corrected chi connectivity index (χ3v) is 2.25. The normalized spacial score (nSPS) is 9.65. The summed E-state index contributed by atoms with van der Waals surface area (Å²) in [4.78, 5) is 23.2. The SMILES string of the molecule is C=C=C(C)CCC(C(=O)OCC)C(=O)OCC. The summed E-state index contributed by atoms with van der Waals surface area (Å²) < 4.78 is 9.70. The molecule has 4 heteroatoms. The molecular formula is C13H20O4. The minimum absolute atomic E-state index is 0.255. The maximum Gasteiger partial charge on any atom is 0.320 e. The zero-order chi connectivity index (χ0) is 13.3. The van der Waals surface area contributed by atoms with Gasteiger partial charge in [-0.3, -0.25) is 9.59 Å². The molecule has 0 radical (unpaired) electrons. The molecule has 0 amide bonds. The van der Waals surface area contributed by atoms with Gasteiger partial charge < -0.3 is 9.47 Å². The van der Waals surface area contributed by atoms with Crippen molar-refractivity contribution in [2.24, 2.45) is 5.92 Å². The molecule has 0 saturated heterocycles. The Balaban J connectivity index is 4.55. The zero-order valence-electron chi connectivity index (χ0n) is 10.7. The quantitative estimate of drug-likeness (QED) is 0.389. The van der Waals surface area contributed by atoms with Crippen LogP contribution in [0.3, 0.4) is 0 Å². The second-order valence-corrected chi connectivity index (χ2v) is 3.55. The van der Waals surface area contributed by atoms with Gasteiger partial charge in [0.15, 0.2) is 5.92 Å². The van der Waals surface area contributed by atoms with E-state index in [2.05, 4.69) is 12.3 Å². The van der Waals surface area contributed by atoms with Crippen molar-refractivity contribution in [2.45, 2.75) is 33.6 Å². The maximum absolute atomic E-state index is 11.6. The van der Waals surface area contributed by atoms with Crippen LogP contribution < -0.4 is 0 Å². The van der Waals surface area contributed by atoms with Gasteiger partial charge in [-0.1, -0.05) is 6.58 Å². The number of allylic oxidation sites excluding steroid dienone is 1. The van der Waals surface area contributed by atoms with E-state index < -0.39 is 17.9 Å². The first-order chi connectivity index (χ1) is 8.06. The summed E-state index contributed by atoms with van der Waals surface area (Å²) in [6.07, 6.45) is 0.942. The maximum atomic E-state index is 11.6. The first kappa shape index (κ1) is 15.5. The summed E-state index contributed by atoms with van der Waals surface area (Å²) in [5, 5.41) is 0. The number of ether oxygens (including phenoxy) is 2. The monoisotopic (exact) mass is 240 g/mol. The predicted molar refractivity (Wildman–Crippen MR) is 64.3 cm³/mol. The van der Waals surface area contributed by atoms with Crippen molar-refractivity contribution >= 4 is 11.9 Å². The lowest BCUT2D eigenvalue weighted by Gasteiger charge is -2.13. The minimum Gasteiger partial charge on any atom is -0.465 e. The van der Waals surface area contributed by atoms with Gasteiger partial charge >= 0.3 is 11.9 Å². The van der Waals surface area contributed by atoms with Crippen LogP contribution in [0.25, 0.3) is 0 Å². The van der Waals surface area contributed by atoms with Crippen LogP contribution in [-0.4, -0.2) is 25.2 Å². The highest BCUT2D eigenvalue weighted by atomic mass is 16.6. The molecule has 0 aliphatic heterocycles. The first-order valence-corrected chi connectivity index (χ1v) is 5.75. The smallest absolute Gasteiger partial charge is 0.320 e. The lowest BCUT2D eigenvalue weighted by atomic mass is 10.0. The lowest BCUT2D eigenvalue weighted by Crippen LogP contribution is -2.28. The summed E-state index contributed by atoms with van der Waals surface area (Å²) in [7, 11) is 0. The molecular weight excluding hydrogens is 220 g/mol. The number of rotatable bonds is 7. The van der Waals surface area contributed by atoms with Crippen LogP contribution >= 0.6 is 0 Å². The van der Waals surface area contributed by atoms with E-state index in [0.717, 1.165) is 5.57 Å². The highest BCUT2D eigenvalue weighted by molar-refractivity contribution is 5.94. The largest absolute Gasteiger partial charge is 0.465 e. The van der Waals surface area contributed by atoms with Crippen LogP contribution in [0.15, 0.2) is 17.9 Å². The van der Waals surface area contributed by atoms with Crippen molar-refractivity contribution < 1.29 is 19.1 Å². The van der Waals surface area contributed by atoms with Crippen molar-refractivity contribution in [1.82, 2.24) is 0 Å². The van der Waals surface area contributed by atoms with Gasteiger partial charge in [-0.15, -0.1) is 5.73 Å². The molecule has 0 aliphatic rings. The van der Waals surface area contributed by atoms with E-state index in [-0.39, 0.29) is 13.2 Å². The average molecular weight is 240 g/mol. The molecule has 0 aromatic rings. The molecule has 0 bridgehead atoms. The summed E-state index contributed by atoms with van der Waals surface area (Å²) >= 11 is 0. The Labute approximate surface area is 102 Å². The van der Waals surface area contributed by atoms with Crippen LogP contribution in [0.5, 0.6) is 0 Å². The van der Waals surface area contributed by atoms with Gasteiger partial charge in [-0.2, -0.15) is 0 Å². The van der Waals surface area contributed by atoms with Gasteiger partial charge in [0, 0.05) is 0 Å². The van der Waals surface area contributed by atoms with E-state index in [0.29, 0.717) is 12.8 Å². The van der Waals surface area contributed by atoms with E-state index in [1.807, 2.05) is 6.92 Å². The second-order valence-electron chi connectivity index (χ2n) is 3.55. The van der Waals surface area contributed by atoms with Crippen LogP contribution in [0.4, 0.5) is 0 Å². The first-order valence-electron chi connectivity index (χ1n) is 5.75. The summed E-state index contributed by atoms with van der Waals surface area (Å²) in [6, 6.07) is 0.